The number of pyridine rings is 1. The molecule has 0 radical (unpaired) electrons. The third kappa shape index (κ3) is 3.55. The second-order valence-corrected chi connectivity index (χ2v) is 8.04. The summed E-state index contributed by atoms with van der Waals surface area (Å²) < 4.78 is 15.3. The van der Waals surface area contributed by atoms with Crippen molar-refractivity contribution in [1.29, 1.82) is 0 Å². The average Bonchev–Trinajstić information content (AvgIpc) is 3.43. The van der Waals surface area contributed by atoms with Gasteiger partial charge in [-0.25, -0.2) is 14.4 Å². The van der Waals surface area contributed by atoms with Gasteiger partial charge in [-0.15, -0.1) is 0 Å². The third-order valence-corrected chi connectivity index (χ3v) is 6.00. The zero-order valence-electron chi connectivity index (χ0n) is 17.0. The second-order valence-electron chi connectivity index (χ2n) is 8.04. The van der Waals surface area contributed by atoms with Crippen LogP contribution in [0.1, 0.15) is 36.9 Å². The van der Waals surface area contributed by atoms with Gasteiger partial charge in [0, 0.05) is 17.7 Å². The maximum atomic E-state index is 13.7. The van der Waals surface area contributed by atoms with Crippen LogP contribution in [0.4, 0.5) is 21.7 Å². The Labute approximate surface area is 173 Å². The van der Waals surface area contributed by atoms with Crippen molar-refractivity contribution in [2.45, 2.75) is 51.4 Å². The lowest BCUT2D eigenvalue weighted by Crippen LogP contribution is -2.52. The van der Waals surface area contributed by atoms with Crippen molar-refractivity contribution in [3.05, 3.63) is 51.7 Å². The summed E-state index contributed by atoms with van der Waals surface area (Å²) >= 11 is 0. The SMILES string of the molecule is Cc1cc(Nc2cc(N)ncn2)c(=O)n(C2(NC=O)C=C(C3CC3F)CCC2)c1C. The number of aryl methyl sites for hydroxylation is 1. The van der Waals surface area contributed by atoms with Crippen LogP contribution in [0.25, 0.3) is 0 Å². The molecule has 2 aromatic heterocycles. The van der Waals surface area contributed by atoms with Crippen molar-refractivity contribution >= 4 is 23.7 Å². The molecule has 3 unspecified atom stereocenters. The Morgan fingerprint density at radius 3 is 2.77 bits per heavy atom. The Bertz CT molecular complexity index is 1080. The molecule has 0 bridgehead atoms. The topological polar surface area (TPSA) is 115 Å². The molecule has 1 saturated carbocycles. The molecule has 0 saturated heterocycles. The number of amides is 1. The van der Waals surface area contributed by atoms with E-state index in [1.165, 1.54) is 12.4 Å². The minimum Gasteiger partial charge on any atom is -0.384 e. The first-order valence-corrected chi connectivity index (χ1v) is 10.00. The minimum atomic E-state index is -1.04. The summed E-state index contributed by atoms with van der Waals surface area (Å²) in [5, 5.41) is 5.87. The van der Waals surface area contributed by atoms with E-state index in [-0.39, 0.29) is 17.3 Å². The molecule has 2 heterocycles. The Balaban J connectivity index is 1.84. The molecule has 4 N–H and O–H groups in total. The Kier molecular flexibility index (Phi) is 5.05. The molecule has 2 aliphatic carbocycles. The van der Waals surface area contributed by atoms with Gasteiger partial charge in [0.1, 0.15) is 35.5 Å². The molecular formula is C21H25FN6O2. The van der Waals surface area contributed by atoms with E-state index in [1.807, 2.05) is 19.9 Å². The summed E-state index contributed by atoms with van der Waals surface area (Å²) in [6.07, 6.45) is 5.54. The molecular weight excluding hydrogens is 387 g/mol. The lowest BCUT2D eigenvalue weighted by Gasteiger charge is -2.38. The maximum Gasteiger partial charge on any atom is 0.276 e. The first kappa shape index (κ1) is 20.1. The Morgan fingerprint density at radius 2 is 2.10 bits per heavy atom. The van der Waals surface area contributed by atoms with Gasteiger partial charge in [-0.2, -0.15) is 0 Å². The third-order valence-electron chi connectivity index (χ3n) is 6.00. The molecule has 0 spiro atoms. The number of anilines is 3. The number of carbonyl (C=O) groups excluding carboxylic acids is 1. The van der Waals surface area contributed by atoms with Crippen molar-refractivity contribution in [2.24, 2.45) is 5.92 Å². The number of hydrogen-bond acceptors (Lipinski definition) is 6. The predicted octanol–water partition coefficient (Wildman–Crippen LogP) is 2.45. The molecule has 4 rings (SSSR count). The van der Waals surface area contributed by atoms with E-state index in [0.717, 1.165) is 29.7 Å². The number of nitrogens with two attached hydrogens (primary N) is 1. The van der Waals surface area contributed by atoms with Gasteiger partial charge < -0.3 is 16.4 Å². The highest BCUT2D eigenvalue weighted by molar-refractivity contribution is 5.59. The molecule has 9 heteroatoms. The largest absolute Gasteiger partial charge is 0.384 e. The fourth-order valence-electron chi connectivity index (χ4n) is 4.29. The number of alkyl halides is 1. The van der Waals surface area contributed by atoms with E-state index >= 15 is 0 Å². The van der Waals surface area contributed by atoms with Gasteiger partial charge in [0.15, 0.2) is 0 Å². The number of rotatable bonds is 6. The van der Waals surface area contributed by atoms with Crippen LogP contribution in [0.2, 0.25) is 0 Å². The molecule has 0 aromatic carbocycles. The highest BCUT2D eigenvalue weighted by atomic mass is 19.1. The number of aromatic nitrogens is 3. The number of allylic oxidation sites excluding steroid dienone is 1. The van der Waals surface area contributed by atoms with Crippen LogP contribution in [0.15, 0.2) is 34.9 Å². The lowest BCUT2D eigenvalue weighted by molar-refractivity contribution is -0.111. The summed E-state index contributed by atoms with van der Waals surface area (Å²) in [6.45, 7) is 3.74. The molecule has 2 aromatic rings. The van der Waals surface area contributed by atoms with Crippen molar-refractivity contribution in [2.75, 3.05) is 11.1 Å². The minimum absolute atomic E-state index is 0.111. The number of hydrogen-bond donors (Lipinski definition) is 3. The molecule has 2 aliphatic rings. The zero-order chi connectivity index (χ0) is 21.5. The summed E-state index contributed by atoms with van der Waals surface area (Å²) in [5.41, 5.74) is 7.23. The van der Waals surface area contributed by atoms with Crippen LogP contribution in [-0.4, -0.2) is 27.1 Å². The molecule has 158 valence electrons. The standard InChI is InChI=1S/C21H25FN6O2/c1-12-6-17(27-19-8-18(23)24-10-25-19)20(30)28(13(12)2)21(26-11-29)5-3-4-14(9-21)15-7-16(15)22/h6,8-11,15-16H,3-5,7H2,1-2H3,(H,26,29)(H3,23,24,25,27). The number of nitrogens with zero attached hydrogens (tertiary/aromatic N) is 3. The van der Waals surface area contributed by atoms with Crippen LogP contribution in [0.5, 0.6) is 0 Å². The first-order valence-electron chi connectivity index (χ1n) is 10.00. The van der Waals surface area contributed by atoms with Gasteiger partial charge in [0.2, 0.25) is 6.41 Å². The van der Waals surface area contributed by atoms with E-state index in [1.54, 1.807) is 10.6 Å². The summed E-state index contributed by atoms with van der Waals surface area (Å²) in [7, 11) is 0. The van der Waals surface area contributed by atoms with Crippen LogP contribution in [-0.2, 0) is 10.5 Å². The van der Waals surface area contributed by atoms with Gasteiger partial charge in [-0.05, 0) is 57.2 Å². The molecule has 1 fully saturated rings. The molecule has 1 amide bonds. The number of nitrogen functional groups attached to an aromatic ring is 1. The first-order chi connectivity index (χ1) is 14.3. The number of nitrogens with one attached hydrogen (secondary N) is 2. The van der Waals surface area contributed by atoms with Crippen LogP contribution < -0.4 is 21.9 Å². The fourth-order valence-corrected chi connectivity index (χ4v) is 4.29. The van der Waals surface area contributed by atoms with Gasteiger partial charge in [-0.1, -0.05) is 5.57 Å². The van der Waals surface area contributed by atoms with Crippen molar-refractivity contribution in [1.82, 2.24) is 19.9 Å². The number of carbonyl (C=O) groups is 1. The van der Waals surface area contributed by atoms with E-state index < -0.39 is 11.8 Å². The lowest BCUT2D eigenvalue weighted by atomic mass is 9.87. The smallest absolute Gasteiger partial charge is 0.276 e. The normalized spacial score (nSPS) is 25.4. The molecule has 8 nitrogen and oxygen atoms in total. The van der Waals surface area contributed by atoms with Gasteiger partial charge in [0.05, 0.1) is 0 Å². The quantitative estimate of drug-likeness (QED) is 0.496. The second kappa shape index (κ2) is 7.55. The van der Waals surface area contributed by atoms with Crippen LogP contribution >= 0.6 is 0 Å². The van der Waals surface area contributed by atoms with Crippen molar-refractivity contribution in [3.63, 3.8) is 0 Å². The van der Waals surface area contributed by atoms with Crippen LogP contribution in [0.3, 0.4) is 0 Å². The van der Waals surface area contributed by atoms with E-state index in [4.69, 9.17) is 5.73 Å². The summed E-state index contributed by atoms with van der Waals surface area (Å²) in [6, 6.07) is 3.28. The van der Waals surface area contributed by atoms with E-state index in [9.17, 15) is 14.0 Å². The molecule has 3 atom stereocenters. The number of halogens is 1. The van der Waals surface area contributed by atoms with E-state index in [0.29, 0.717) is 30.8 Å². The summed E-state index contributed by atoms with van der Waals surface area (Å²) in [5.74, 6) is 0.561. The van der Waals surface area contributed by atoms with Gasteiger partial charge in [0.25, 0.3) is 5.56 Å². The highest BCUT2D eigenvalue weighted by Crippen LogP contribution is 2.46. The van der Waals surface area contributed by atoms with Crippen molar-refractivity contribution in [3.8, 4) is 0 Å². The monoisotopic (exact) mass is 412 g/mol. The summed E-state index contributed by atoms with van der Waals surface area (Å²) in [4.78, 5) is 33.0. The molecule has 30 heavy (non-hydrogen) atoms. The zero-order valence-corrected chi connectivity index (χ0v) is 17.0. The molecule has 0 aliphatic heterocycles. The Morgan fingerprint density at radius 1 is 1.33 bits per heavy atom. The fraction of sp³-hybridized carbons (Fsp3) is 0.429. The van der Waals surface area contributed by atoms with Crippen LogP contribution in [0, 0.1) is 19.8 Å². The Hall–Kier alpha value is -3.23. The van der Waals surface area contributed by atoms with Gasteiger partial charge >= 0.3 is 0 Å². The average molecular weight is 412 g/mol. The van der Waals surface area contributed by atoms with Gasteiger partial charge in [-0.3, -0.25) is 14.2 Å². The van der Waals surface area contributed by atoms with Crippen molar-refractivity contribution < 1.29 is 9.18 Å². The highest BCUT2D eigenvalue weighted by Gasteiger charge is 2.44. The van der Waals surface area contributed by atoms with E-state index in [2.05, 4.69) is 20.6 Å². The maximum absolute atomic E-state index is 13.7. The predicted molar refractivity (Wildman–Crippen MR) is 112 cm³/mol.